The van der Waals surface area contributed by atoms with Crippen molar-refractivity contribution in [3.8, 4) is 0 Å². The molecule has 3 rings (SSSR count). The maximum atomic E-state index is 13.6. The zero-order valence-electron chi connectivity index (χ0n) is 15.9. The average Bonchev–Trinajstić information content (AvgIpc) is 2.98. The van der Waals surface area contributed by atoms with E-state index in [1.54, 1.807) is 37.3 Å². The van der Waals surface area contributed by atoms with E-state index in [1.807, 2.05) is 0 Å². The molecule has 0 aliphatic heterocycles. The number of nitrogens with one attached hydrogen (secondary N) is 1. The van der Waals surface area contributed by atoms with Crippen LogP contribution in [0.15, 0.2) is 60.7 Å². The number of halogens is 3. The molecule has 0 spiro atoms. The van der Waals surface area contributed by atoms with Gasteiger partial charge in [-0.1, -0.05) is 48.5 Å². The van der Waals surface area contributed by atoms with Gasteiger partial charge in [0.1, 0.15) is 0 Å². The number of hydrogen-bond acceptors (Lipinski definition) is 4. The molecule has 152 valence electrons. The number of para-hydroxylation sites is 1. The molecular formula is C22H20F3NO3. The summed E-state index contributed by atoms with van der Waals surface area (Å²) in [6, 6.07) is 11.8. The molecule has 2 atom stereocenters. The van der Waals surface area contributed by atoms with Crippen LogP contribution < -0.4 is 5.32 Å². The van der Waals surface area contributed by atoms with Crippen LogP contribution in [-0.4, -0.2) is 31.1 Å². The minimum Gasteiger partial charge on any atom is -0.465 e. The summed E-state index contributed by atoms with van der Waals surface area (Å²) in [6.07, 6.45) is -3.30. The summed E-state index contributed by atoms with van der Waals surface area (Å²) in [5.41, 5.74) is -0.428. The predicted octanol–water partition coefficient (Wildman–Crippen LogP) is 4.59. The number of carbonyl (C=O) groups is 2. The van der Waals surface area contributed by atoms with Crippen LogP contribution in [0.4, 0.5) is 18.9 Å². The molecule has 29 heavy (non-hydrogen) atoms. The molecule has 0 aromatic heterocycles. The predicted molar refractivity (Wildman–Crippen MR) is 103 cm³/mol. The Bertz CT molecular complexity index is 954. The Morgan fingerprint density at radius 2 is 1.83 bits per heavy atom. The highest BCUT2D eigenvalue weighted by atomic mass is 19.4. The van der Waals surface area contributed by atoms with Crippen LogP contribution in [0.5, 0.6) is 0 Å². The van der Waals surface area contributed by atoms with Crippen molar-refractivity contribution in [1.29, 1.82) is 0 Å². The van der Waals surface area contributed by atoms with Gasteiger partial charge < -0.3 is 10.1 Å². The van der Waals surface area contributed by atoms with E-state index >= 15 is 0 Å². The molecule has 0 bridgehead atoms. The highest BCUT2D eigenvalue weighted by Crippen LogP contribution is 2.45. The largest absolute Gasteiger partial charge is 0.465 e. The van der Waals surface area contributed by atoms with E-state index in [9.17, 15) is 22.8 Å². The van der Waals surface area contributed by atoms with E-state index in [0.717, 1.165) is 0 Å². The van der Waals surface area contributed by atoms with Crippen LogP contribution in [0, 0.1) is 6.92 Å². The van der Waals surface area contributed by atoms with E-state index < -0.39 is 35.8 Å². The number of esters is 1. The first kappa shape index (κ1) is 20.6. The van der Waals surface area contributed by atoms with Crippen molar-refractivity contribution in [2.75, 3.05) is 12.4 Å². The second-order valence-corrected chi connectivity index (χ2v) is 6.96. The Morgan fingerprint density at radius 3 is 2.45 bits per heavy atom. The highest BCUT2D eigenvalue weighted by Gasteiger charge is 2.54. The first-order valence-electron chi connectivity index (χ1n) is 8.98. The van der Waals surface area contributed by atoms with Gasteiger partial charge in [-0.2, -0.15) is 13.2 Å². The number of aryl methyl sites for hydroxylation is 1. The van der Waals surface area contributed by atoms with Gasteiger partial charge in [-0.25, -0.2) is 4.79 Å². The molecular weight excluding hydrogens is 383 g/mol. The molecule has 0 saturated carbocycles. The van der Waals surface area contributed by atoms with Crippen molar-refractivity contribution in [3.05, 3.63) is 77.4 Å². The van der Waals surface area contributed by atoms with Gasteiger partial charge in [0.25, 0.3) is 0 Å². The van der Waals surface area contributed by atoms with Gasteiger partial charge >= 0.3 is 12.1 Å². The summed E-state index contributed by atoms with van der Waals surface area (Å²) in [7, 11) is 1.23. The summed E-state index contributed by atoms with van der Waals surface area (Å²) in [6.45, 7) is 1.73. The SMILES string of the molecule is COC(=O)c1cccc(C)c1N[C@@H]1C=CC(=O)[C@]1(CC(F)(F)F)c1ccccc1. The highest BCUT2D eigenvalue weighted by molar-refractivity contribution is 6.04. The molecule has 1 aliphatic carbocycles. The van der Waals surface area contributed by atoms with Crippen LogP contribution in [0.3, 0.4) is 0 Å². The monoisotopic (exact) mass is 403 g/mol. The molecule has 0 saturated heterocycles. The second kappa shape index (κ2) is 7.73. The summed E-state index contributed by atoms with van der Waals surface area (Å²) >= 11 is 0. The number of anilines is 1. The quantitative estimate of drug-likeness (QED) is 0.742. The van der Waals surface area contributed by atoms with Crippen LogP contribution in [0.25, 0.3) is 0 Å². The second-order valence-electron chi connectivity index (χ2n) is 6.96. The molecule has 7 heteroatoms. The zero-order valence-corrected chi connectivity index (χ0v) is 15.9. The van der Waals surface area contributed by atoms with Gasteiger partial charge in [-0.3, -0.25) is 4.79 Å². The molecule has 0 heterocycles. The van der Waals surface area contributed by atoms with Crippen molar-refractivity contribution < 1.29 is 27.5 Å². The third kappa shape index (κ3) is 3.90. The van der Waals surface area contributed by atoms with E-state index in [0.29, 0.717) is 11.3 Å². The zero-order chi connectivity index (χ0) is 21.2. The Morgan fingerprint density at radius 1 is 1.14 bits per heavy atom. The van der Waals surface area contributed by atoms with E-state index in [1.165, 1.54) is 37.5 Å². The lowest BCUT2D eigenvalue weighted by atomic mass is 9.71. The Labute approximate surface area is 166 Å². The lowest BCUT2D eigenvalue weighted by molar-refractivity contribution is -0.155. The summed E-state index contributed by atoms with van der Waals surface area (Å²) < 4.78 is 45.5. The minimum atomic E-state index is -4.58. The molecule has 2 aromatic rings. The van der Waals surface area contributed by atoms with Gasteiger partial charge in [0.2, 0.25) is 0 Å². The van der Waals surface area contributed by atoms with Crippen molar-refractivity contribution in [3.63, 3.8) is 0 Å². The molecule has 1 aliphatic rings. The standard InChI is InChI=1S/C22H20F3NO3/c1-14-7-6-10-16(20(28)29-2)19(14)26-17-11-12-18(27)21(17,13-22(23,24)25)15-8-4-3-5-9-15/h3-12,17,26H,13H2,1-2H3/t17-,21-/m1/s1. The first-order chi connectivity index (χ1) is 13.7. The minimum absolute atomic E-state index is 0.189. The van der Waals surface area contributed by atoms with Crippen LogP contribution in [0.2, 0.25) is 0 Å². The summed E-state index contributed by atoms with van der Waals surface area (Å²) in [5, 5.41) is 3.03. The number of ketones is 1. The van der Waals surface area contributed by atoms with E-state index in [-0.39, 0.29) is 11.1 Å². The van der Waals surface area contributed by atoms with Crippen molar-refractivity contribution in [1.82, 2.24) is 0 Å². The Balaban J connectivity index is 2.12. The number of allylic oxidation sites excluding steroid dienone is 1. The first-order valence-corrected chi connectivity index (χ1v) is 8.98. The Kier molecular flexibility index (Phi) is 5.50. The van der Waals surface area contributed by atoms with E-state index in [4.69, 9.17) is 4.74 Å². The van der Waals surface area contributed by atoms with Gasteiger partial charge in [0.05, 0.1) is 36.2 Å². The summed E-state index contributed by atoms with van der Waals surface area (Å²) in [5.74, 6) is -1.25. The van der Waals surface area contributed by atoms with E-state index in [2.05, 4.69) is 5.32 Å². The smallest absolute Gasteiger partial charge is 0.390 e. The van der Waals surface area contributed by atoms with Gasteiger partial charge in [-0.15, -0.1) is 0 Å². The van der Waals surface area contributed by atoms with Gasteiger partial charge in [0, 0.05) is 0 Å². The van der Waals surface area contributed by atoms with Crippen molar-refractivity contribution in [2.24, 2.45) is 0 Å². The molecule has 0 amide bonds. The number of alkyl halides is 3. The van der Waals surface area contributed by atoms with Crippen LogP contribution in [0.1, 0.15) is 27.9 Å². The lowest BCUT2D eigenvalue weighted by Gasteiger charge is -2.36. The van der Waals surface area contributed by atoms with Crippen molar-refractivity contribution >= 4 is 17.4 Å². The van der Waals surface area contributed by atoms with Crippen molar-refractivity contribution in [2.45, 2.75) is 31.0 Å². The number of hydrogen-bond donors (Lipinski definition) is 1. The molecule has 4 nitrogen and oxygen atoms in total. The lowest BCUT2D eigenvalue weighted by Crippen LogP contribution is -2.48. The molecule has 2 aromatic carbocycles. The fourth-order valence-corrected chi connectivity index (χ4v) is 3.79. The topological polar surface area (TPSA) is 55.4 Å². The molecule has 0 unspecified atom stereocenters. The number of methoxy groups -OCH3 is 1. The van der Waals surface area contributed by atoms with Gasteiger partial charge in [-0.05, 0) is 30.2 Å². The number of ether oxygens (including phenoxy) is 1. The normalized spacial score (nSPS) is 21.3. The van der Waals surface area contributed by atoms with Crippen LogP contribution in [-0.2, 0) is 14.9 Å². The average molecular weight is 403 g/mol. The number of rotatable bonds is 5. The Hall–Kier alpha value is -3.09. The third-order valence-electron chi connectivity index (χ3n) is 5.16. The molecule has 0 radical (unpaired) electrons. The summed E-state index contributed by atoms with van der Waals surface area (Å²) in [4.78, 5) is 25.0. The third-order valence-corrected chi connectivity index (χ3v) is 5.16. The maximum absolute atomic E-state index is 13.6. The van der Waals surface area contributed by atoms with Crippen LogP contribution >= 0.6 is 0 Å². The molecule has 0 fully saturated rings. The fraction of sp³-hybridized carbons (Fsp3) is 0.273. The van der Waals surface area contributed by atoms with Gasteiger partial charge in [0.15, 0.2) is 5.78 Å². The maximum Gasteiger partial charge on any atom is 0.390 e. The number of carbonyl (C=O) groups excluding carboxylic acids is 2. The molecule has 1 N–H and O–H groups in total. The number of benzene rings is 2. The fourth-order valence-electron chi connectivity index (χ4n) is 3.79.